The normalized spacial score (nSPS) is 20.8. The molecule has 2 aromatic heterocycles. The summed E-state index contributed by atoms with van der Waals surface area (Å²) in [5.41, 5.74) is 2.34. The highest BCUT2D eigenvalue weighted by Gasteiger charge is 2.44. The van der Waals surface area contributed by atoms with Gasteiger partial charge in [0, 0.05) is 30.7 Å². The molecule has 6 rings (SSSR count). The van der Waals surface area contributed by atoms with Crippen molar-refractivity contribution in [2.24, 2.45) is 5.92 Å². The summed E-state index contributed by atoms with van der Waals surface area (Å²) in [6, 6.07) is 12.5. The van der Waals surface area contributed by atoms with Crippen LogP contribution < -0.4 is 9.80 Å². The molecule has 0 radical (unpaired) electrons. The number of thiophene rings is 1. The number of anilines is 2. The van der Waals surface area contributed by atoms with Crippen molar-refractivity contribution in [3.05, 3.63) is 59.1 Å². The molecular weight excluding hydrogens is 572 g/mol. The summed E-state index contributed by atoms with van der Waals surface area (Å²) in [7, 11) is -3.99. The SMILES string of the molecule is Cc1ccc(-c2cc(N3C(=O)CN(S(=O)(=O)c4ccc(N5CCCC5)nc4)C[C@H]3C3CCCCC3)c(C(=O)O)s2)cc1. The maximum Gasteiger partial charge on any atom is 0.348 e. The molecule has 2 saturated heterocycles. The number of benzene rings is 1. The van der Waals surface area contributed by atoms with Gasteiger partial charge >= 0.3 is 5.97 Å². The molecule has 0 unspecified atom stereocenters. The fraction of sp³-hybridized carbons (Fsp3) is 0.452. The van der Waals surface area contributed by atoms with E-state index in [1.165, 1.54) is 10.5 Å². The second-order valence-electron chi connectivity index (χ2n) is 11.6. The fourth-order valence-corrected chi connectivity index (χ4v) is 8.87. The van der Waals surface area contributed by atoms with Gasteiger partial charge in [-0.3, -0.25) is 4.79 Å². The number of aromatic carboxylic acids is 1. The average molecular weight is 609 g/mol. The lowest BCUT2D eigenvalue weighted by atomic mass is 9.82. The fourth-order valence-electron chi connectivity index (χ4n) is 6.52. The predicted octanol–water partition coefficient (Wildman–Crippen LogP) is 5.40. The zero-order valence-electron chi connectivity index (χ0n) is 23.7. The number of sulfonamides is 1. The number of aryl methyl sites for hydroxylation is 1. The maximum absolute atomic E-state index is 13.9. The first-order valence-corrected chi connectivity index (χ1v) is 17.0. The van der Waals surface area contributed by atoms with Crippen LogP contribution in [0.5, 0.6) is 0 Å². The molecule has 0 bridgehead atoms. The average Bonchev–Trinajstić information content (AvgIpc) is 3.69. The number of carbonyl (C=O) groups excluding carboxylic acids is 1. The molecule has 9 nitrogen and oxygen atoms in total. The van der Waals surface area contributed by atoms with Gasteiger partial charge in [0.15, 0.2) is 0 Å². The number of rotatable bonds is 7. The highest BCUT2D eigenvalue weighted by Crippen LogP contribution is 2.42. The molecule has 2 aliphatic heterocycles. The molecule has 42 heavy (non-hydrogen) atoms. The molecule has 1 N–H and O–H groups in total. The van der Waals surface area contributed by atoms with Crippen LogP contribution in [0.2, 0.25) is 0 Å². The maximum atomic E-state index is 13.9. The van der Waals surface area contributed by atoms with Crippen LogP contribution in [-0.2, 0) is 14.8 Å². The number of carbonyl (C=O) groups is 2. The van der Waals surface area contributed by atoms with E-state index in [1.54, 1.807) is 23.1 Å². The molecule has 222 valence electrons. The van der Waals surface area contributed by atoms with Crippen molar-refractivity contribution in [3.63, 3.8) is 0 Å². The monoisotopic (exact) mass is 608 g/mol. The van der Waals surface area contributed by atoms with Crippen molar-refractivity contribution < 1.29 is 23.1 Å². The van der Waals surface area contributed by atoms with Crippen molar-refractivity contribution in [2.75, 3.05) is 36.0 Å². The molecule has 1 atom stereocenters. The van der Waals surface area contributed by atoms with Gasteiger partial charge in [-0.2, -0.15) is 4.31 Å². The lowest BCUT2D eigenvalue weighted by Crippen LogP contribution is -2.60. The van der Waals surface area contributed by atoms with Crippen molar-refractivity contribution in [1.82, 2.24) is 9.29 Å². The van der Waals surface area contributed by atoms with Gasteiger partial charge in [-0.25, -0.2) is 18.2 Å². The quantitative estimate of drug-likeness (QED) is 0.382. The summed E-state index contributed by atoms with van der Waals surface area (Å²) in [5.74, 6) is -0.670. The van der Waals surface area contributed by atoms with Crippen LogP contribution in [0, 0.1) is 12.8 Å². The van der Waals surface area contributed by atoms with Crippen molar-refractivity contribution >= 4 is 44.7 Å². The predicted molar refractivity (Wildman–Crippen MR) is 164 cm³/mol. The Hall–Kier alpha value is -3.28. The molecule has 3 fully saturated rings. The molecule has 3 aliphatic rings. The Bertz CT molecular complexity index is 1560. The topological polar surface area (TPSA) is 111 Å². The summed E-state index contributed by atoms with van der Waals surface area (Å²) in [6.45, 7) is 3.57. The molecule has 4 heterocycles. The number of nitrogens with zero attached hydrogens (tertiary/aromatic N) is 4. The number of pyridine rings is 1. The van der Waals surface area contributed by atoms with Crippen molar-refractivity contribution in [3.8, 4) is 10.4 Å². The van der Waals surface area contributed by atoms with E-state index in [2.05, 4.69) is 9.88 Å². The summed E-state index contributed by atoms with van der Waals surface area (Å²) in [6.07, 6.45) is 8.42. The Morgan fingerprint density at radius 3 is 2.36 bits per heavy atom. The second kappa shape index (κ2) is 11.8. The van der Waals surface area contributed by atoms with Crippen LogP contribution in [0.3, 0.4) is 0 Å². The largest absolute Gasteiger partial charge is 0.477 e. The first-order chi connectivity index (χ1) is 20.2. The first kappa shape index (κ1) is 28.8. The van der Waals surface area contributed by atoms with Gasteiger partial charge in [0.05, 0.1) is 18.3 Å². The zero-order valence-corrected chi connectivity index (χ0v) is 25.4. The highest BCUT2D eigenvalue weighted by molar-refractivity contribution is 7.89. The van der Waals surface area contributed by atoms with Gasteiger partial charge in [-0.1, -0.05) is 49.1 Å². The van der Waals surface area contributed by atoms with Gasteiger partial charge in [0.25, 0.3) is 0 Å². The lowest BCUT2D eigenvalue weighted by molar-refractivity contribution is -0.121. The Morgan fingerprint density at radius 2 is 1.71 bits per heavy atom. The van der Waals surface area contributed by atoms with E-state index in [0.717, 1.165) is 91.2 Å². The Morgan fingerprint density at radius 1 is 1.00 bits per heavy atom. The van der Waals surface area contributed by atoms with E-state index < -0.39 is 27.9 Å². The van der Waals surface area contributed by atoms with E-state index in [-0.39, 0.29) is 28.8 Å². The first-order valence-electron chi connectivity index (χ1n) is 14.7. The highest BCUT2D eigenvalue weighted by atomic mass is 32.2. The van der Waals surface area contributed by atoms with Gasteiger partial charge in [-0.15, -0.1) is 11.3 Å². The zero-order chi connectivity index (χ0) is 29.4. The molecule has 1 aliphatic carbocycles. The summed E-state index contributed by atoms with van der Waals surface area (Å²) < 4.78 is 28.9. The summed E-state index contributed by atoms with van der Waals surface area (Å²) >= 11 is 1.15. The Kier molecular flexibility index (Phi) is 8.08. The number of carboxylic acids is 1. The molecule has 0 spiro atoms. The summed E-state index contributed by atoms with van der Waals surface area (Å²) in [4.78, 5) is 35.5. The van der Waals surface area contributed by atoms with E-state index in [4.69, 9.17) is 0 Å². The number of amides is 1. The summed E-state index contributed by atoms with van der Waals surface area (Å²) in [5, 5.41) is 10.2. The van der Waals surface area contributed by atoms with Crippen LogP contribution in [0.4, 0.5) is 11.5 Å². The second-order valence-corrected chi connectivity index (χ2v) is 14.6. The number of hydrogen-bond donors (Lipinski definition) is 1. The van der Waals surface area contributed by atoms with E-state index in [9.17, 15) is 23.1 Å². The minimum absolute atomic E-state index is 0.0671. The smallest absolute Gasteiger partial charge is 0.348 e. The molecule has 1 saturated carbocycles. The van der Waals surface area contributed by atoms with E-state index in [1.807, 2.05) is 31.2 Å². The van der Waals surface area contributed by atoms with Crippen LogP contribution in [-0.4, -0.2) is 66.9 Å². The lowest BCUT2D eigenvalue weighted by Gasteiger charge is -2.44. The van der Waals surface area contributed by atoms with Gasteiger partial charge < -0.3 is 14.9 Å². The van der Waals surface area contributed by atoms with E-state index in [0.29, 0.717) is 5.69 Å². The van der Waals surface area contributed by atoms with Crippen LogP contribution in [0.15, 0.2) is 53.6 Å². The molecule has 3 aromatic rings. The molecule has 1 aromatic carbocycles. The van der Waals surface area contributed by atoms with Crippen LogP contribution in [0.1, 0.15) is 60.2 Å². The number of aromatic nitrogens is 1. The van der Waals surface area contributed by atoms with Gasteiger partial charge in [0.1, 0.15) is 15.6 Å². The third-order valence-corrected chi connectivity index (χ3v) is 11.7. The third kappa shape index (κ3) is 5.57. The third-order valence-electron chi connectivity index (χ3n) is 8.79. The minimum atomic E-state index is -3.99. The Balaban J connectivity index is 1.34. The van der Waals surface area contributed by atoms with Crippen molar-refractivity contribution in [1.29, 1.82) is 0 Å². The number of piperazine rings is 1. The Labute approximate surface area is 250 Å². The number of hydrogen-bond acceptors (Lipinski definition) is 7. The molecule has 1 amide bonds. The van der Waals surface area contributed by atoms with Gasteiger partial charge in [-0.05, 0) is 62.3 Å². The standard InChI is InChI=1S/C31H36N4O5S2/c1-21-9-11-23(12-10-21)27-17-25(30(41-27)31(37)38)35-26(22-7-3-2-4-8-22)19-34(20-29(35)36)42(39,40)24-13-14-28(32-18-24)33-15-5-6-16-33/h9-14,17-18,22,26H,2-8,15-16,19-20H2,1H3,(H,37,38)/t26-/m0/s1. The van der Waals surface area contributed by atoms with Crippen LogP contribution in [0.25, 0.3) is 10.4 Å². The molecule has 11 heteroatoms. The van der Waals surface area contributed by atoms with Crippen molar-refractivity contribution in [2.45, 2.75) is 62.8 Å². The number of carboxylic acid groups (broad SMARTS) is 1. The van der Waals surface area contributed by atoms with Gasteiger partial charge in [0.2, 0.25) is 15.9 Å². The molecular formula is C31H36N4O5S2. The van der Waals surface area contributed by atoms with Crippen LogP contribution >= 0.6 is 11.3 Å². The minimum Gasteiger partial charge on any atom is -0.477 e. The van der Waals surface area contributed by atoms with E-state index >= 15 is 0 Å².